The topological polar surface area (TPSA) is 46.9 Å². The molecular weight excluding hydrogens is 262 g/mol. The van der Waals surface area contributed by atoms with Crippen LogP contribution in [0, 0.1) is 17.8 Å². The van der Waals surface area contributed by atoms with Gasteiger partial charge >= 0.3 is 0 Å². The molecular formula is C17H17N3O. The Morgan fingerprint density at radius 1 is 1.19 bits per heavy atom. The van der Waals surface area contributed by atoms with E-state index in [-0.39, 0.29) is 11.8 Å². The van der Waals surface area contributed by atoms with Crippen LogP contribution in [0.3, 0.4) is 0 Å². The van der Waals surface area contributed by atoms with Gasteiger partial charge in [-0.3, -0.25) is 4.79 Å². The van der Waals surface area contributed by atoms with Crippen LogP contribution >= 0.6 is 0 Å². The fraction of sp³-hybridized carbons (Fsp3) is 0.294. The van der Waals surface area contributed by atoms with E-state index >= 15 is 0 Å². The van der Waals surface area contributed by atoms with E-state index < -0.39 is 0 Å². The molecule has 21 heavy (non-hydrogen) atoms. The number of allylic oxidation sites excluding steroid dienone is 2. The molecule has 0 aliphatic heterocycles. The van der Waals surface area contributed by atoms with Crippen molar-refractivity contribution in [3.05, 3.63) is 54.9 Å². The van der Waals surface area contributed by atoms with E-state index in [2.05, 4.69) is 22.6 Å². The molecule has 0 saturated heterocycles. The first kappa shape index (κ1) is 12.4. The van der Waals surface area contributed by atoms with E-state index in [0.29, 0.717) is 11.8 Å². The number of nitrogens with one attached hydrogen (secondary N) is 1. The van der Waals surface area contributed by atoms with E-state index in [1.165, 1.54) is 0 Å². The van der Waals surface area contributed by atoms with Gasteiger partial charge in [-0.05, 0) is 55.0 Å². The van der Waals surface area contributed by atoms with Gasteiger partial charge in [0.05, 0.1) is 5.69 Å². The van der Waals surface area contributed by atoms with Gasteiger partial charge in [0, 0.05) is 24.0 Å². The van der Waals surface area contributed by atoms with Crippen LogP contribution in [0.2, 0.25) is 0 Å². The third kappa shape index (κ3) is 2.27. The molecule has 1 saturated carbocycles. The molecule has 0 radical (unpaired) electrons. The first-order valence-electron chi connectivity index (χ1n) is 7.39. The van der Waals surface area contributed by atoms with Crippen molar-refractivity contribution in [3.63, 3.8) is 0 Å². The Hall–Kier alpha value is -2.36. The smallest absolute Gasteiger partial charge is 0.228 e. The lowest BCUT2D eigenvalue weighted by Gasteiger charge is -2.17. The highest BCUT2D eigenvalue weighted by Gasteiger charge is 2.39. The number of hydrogen-bond donors (Lipinski definition) is 1. The summed E-state index contributed by atoms with van der Waals surface area (Å²) < 4.78 is 1.80. The molecule has 2 aliphatic carbocycles. The Bertz CT molecular complexity index is 673. The lowest BCUT2D eigenvalue weighted by atomic mass is 9.93. The second kappa shape index (κ2) is 4.88. The van der Waals surface area contributed by atoms with Crippen LogP contribution < -0.4 is 5.32 Å². The van der Waals surface area contributed by atoms with Gasteiger partial charge in [0.25, 0.3) is 0 Å². The molecule has 4 rings (SSSR count). The van der Waals surface area contributed by atoms with E-state index in [0.717, 1.165) is 24.2 Å². The second-order valence-corrected chi connectivity index (χ2v) is 5.87. The molecule has 4 nitrogen and oxygen atoms in total. The standard InChI is InChI=1S/C17H17N3O/c21-17(16-11-12-2-3-13(16)10-12)19-14-4-6-15(7-5-14)20-9-1-8-18-20/h1-9,12-13,16H,10-11H2,(H,19,21)/t12-,13-,16-/m0/s1. The van der Waals surface area contributed by atoms with Crippen molar-refractivity contribution < 1.29 is 4.79 Å². The normalized spacial score (nSPS) is 26.2. The maximum Gasteiger partial charge on any atom is 0.228 e. The number of benzene rings is 1. The van der Waals surface area contributed by atoms with Crippen LogP contribution in [0.5, 0.6) is 0 Å². The average molecular weight is 279 g/mol. The molecule has 1 fully saturated rings. The highest BCUT2D eigenvalue weighted by Crippen LogP contribution is 2.43. The average Bonchev–Trinajstić information content (AvgIpc) is 3.25. The van der Waals surface area contributed by atoms with Crippen molar-refractivity contribution in [1.82, 2.24) is 9.78 Å². The number of rotatable bonds is 3. The Morgan fingerprint density at radius 2 is 2.05 bits per heavy atom. The van der Waals surface area contributed by atoms with Gasteiger partial charge in [0.2, 0.25) is 5.91 Å². The van der Waals surface area contributed by atoms with Gasteiger partial charge in [-0.25, -0.2) is 4.68 Å². The monoisotopic (exact) mass is 279 g/mol. The predicted octanol–water partition coefficient (Wildman–Crippen LogP) is 3.02. The van der Waals surface area contributed by atoms with Gasteiger partial charge in [0.1, 0.15) is 0 Å². The summed E-state index contributed by atoms with van der Waals surface area (Å²) in [6.07, 6.45) is 10.3. The Balaban J connectivity index is 1.45. The van der Waals surface area contributed by atoms with Crippen molar-refractivity contribution in [3.8, 4) is 5.69 Å². The van der Waals surface area contributed by atoms with Gasteiger partial charge < -0.3 is 5.32 Å². The molecule has 106 valence electrons. The number of amides is 1. The molecule has 2 aromatic rings. The van der Waals surface area contributed by atoms with E-state index in [4.69, 9.17) is 0 Å². The third-order valence-electron chi connectivity index (χ3n) is 4.52. The molecule has 3 atom stereocenters. The van der Waals surface area contributed by atoms with Crippen molar-refractivity contribution in [2.75, 3.05) is 5.32 Å². The van der Waals surface area contributed by atoms with E-state index in [1.54, 1.807) is 10.9 Å². The zero-order valence-corrected chi connectivity index (χ0v) is 11.6. The quantitative estimate of drug-likeness (QED) is 0.878. The number of carbonyl (C=O) groups excluding carboxylic acids is 1. The van der Waals surface area contributed by atoms with Crippen LogP contribution in [-0.4, -0.2) is 15.7 Å². The van der Waals surface area contributed by atoms with Gasteiger partial charge in [0.15, 0.2) is 0 Å². The van der Waals surface area contributed by atoms with Crippen LogP contribution in [0.25, 0.3) is 5.69 Å². The molecule has 1 heterocycles. The summed E-state index contributed by atoms with van der Waals surface area (Å²) in [5, 5.41) is 7.23. The summed E-state index contributed by atoms with van der Waals surface area (Å²) in [6, 6.07) is 9.67. The molecule has 2 bridgehead atoms. The minimum atomic E-state index is 0.144. The number of hydrogen-bond acceptors (Lipinski definition) is 2. The van der Waals surface area contributed by atoms with E-state index in [9.17, 15) is 4.79 Å². The highest BCUT2D eigenvalue weighted by atomic mass is 16.1. The molecule has 4 heteroatoms. The largest absolute Gasteiger partial charge is 0.326 e. The van der Waals surface area contributed by atoms with Crippen molar-refractivity contribution in [2.45, 2.75) is 12.8 Å². The number of aromatic nitrogens is 2. The van der Waals surface area contributed by atoms with Crippen molar-refractivity contribution >= 4 is 11.6 Å². The fourth-order valence-corrected chi connectivity index (χ4v) is 3.44. The zero-order chi connectivity index (χ0) is 14.2. The maximum absolute atomic E-state index is 12.4. The second-order valence-electron chi connectivity index (χ2n) is 5.87. The van der Waals surface area contributed by atoms with Gasteiger partial charge in [-0.1, -0.05) is 12.2 Å². The van der Waals surface area contributed by atoms with Crippen LogP contribution in [0.4, 0.5) is 5.69 Å². The number of carbonyl (C=O) groups is 1. The zero-order valence-electron chi connectivity index (χ0n) is 11.6. The Labute approximate surface area is 123 Å². The highest BCUT2D eigenvalue weighted by molar-refractivity contribution is 5.93. The Morgan fingerprint density at radius 3 is 2.67 bits per heavy atom. The van der Waals surface area contributed by atoms with Gasteiger partial charge in [-0.2, -0.15) is 5.10 Å². The molecule has 1 N–H and O–H groups in total. The third-order valence-corrected chi connectivity index (χ3v) is 4.52. The van der Waals surface area contributed by atoms with Crippen LogP contribution in [0.15, 0.2) is 54.9 Å². The molecule has 1 aromatic heterocycles. The van der Waals surface area contributed by atoms with Crippen LogP contribution in [-0.2, 0) is 4.79 Å². The molecule has 0 unspecified atom stereocenters. The lowest BCUT2D eigenvalue weighted by molar-refractivity contribution is -0.120. The maximum atomic E-state index is 12.4. The minimum Gasteiger partial charge on any atom is -0.326 e. The summed E-state index contributed by atoms with van der Waals surface area (Å²) in [5.74, 6) is 1.36. The van der Waals surface area contributed by atoms with E-state index in [1.807, 2.05) is 36.5 Å². The summed E-state index contributed by atoms with van der Waals surface area (Å²) >= 11 is 0. The molecule has 0 spiro atoms. The fourth-order valence-electron chi connectivity index (χ4n) is 3.44. The first-order chi connectivity index (χ1) is 10.3. The van der Waals surface area contributed by atoms with Gasteiger partial charge in [-0.15, -0.1) is 0 Å². The minimum absolute atomic E-state index is 0.144. The predicted molar refractivity (Wildman–Crippen MR) is 81.0 cm³/mol. The Kier molecular flexibility index (Phi) is 2.88. The summed E-state index contributed by atoms with van der Waals surface area (Å²) in [4.78, 5) is 12.4. The summed E-state index contributed by atoms with van der Waals surface area (Å²) in [7, 11) is 0. The number of nitrogens with zero attached hydrogens (tertiary/aromatic N) is 2. The molecule has 2 aliphatic rings. The SMILES string of the molecule is O=C(Nc1ccc(-n2cccn2)cc1)[C@H]1C[C@H]2C=C[C@H]1C2. The molecule has 1 amide bonds. The van der Waals surface area contributed by atoms with Crippen molar-refractivity contribution in [2.24, 2.45) is 17.8 Å². The number of anilines is 1. The van der Waals surface area contributed by atoms with Crippen LogP contribution in [0.1, 0.15) is 12.8 Å². The first-order valence-corrected chi connectivity index (χ1v) is 7.39. The summed E-state index contributed by atoms with van der Waals surface area (Å²) in [5.41, 5.74) is 1.84. The van der Waals surface area contributed by atoms with Crippen molar-refractivity contribution in [1.29, 1.82) is 0 Å². The lowest BCUT2D eigenvalue weighted by Crippen LogP contribution is -2.25. The molecule has 1 aromatic carbocycles. The number of fused-ring (bicyclic) bond motifs is 2. The summed E-state index contributed by atoms with van der Waals surface area (Å²) in [6.45, 7) is 0.